The monoisotopic (exact) mass is 407 g/mol. The first kappa shape index (κ1) is 20.0. The van der Waals surface area contributed by atoms with Gasteiger partial charge >= 0.3 is 0 Å². The van der Waals surface area contributed by atoms with Gasteiger partial charge in [0, 0.05) is 24.3 Å². The van der Waals surface area contributed by atoms with E-state index in [1.807, 2.05) is 26.0 Å². The van der Waals surface area contributed by atoms with Gasteiger partial charge in [0.1, 0.15) is 22.9 Å². The number of amides is 1. The van der Waals surface area contributed by atoms with Crippen molar-refractivity contribution in [2.24, 2.45) is 0 Å². The molecule has 30 heavy (non-hydrogen) atoms. The molecule has 0 saturated heterocycles. The van der Waals surface area contributed by atoms with E-state index in [2.05, 4.69) is 10.2 Å². The highest BCUT2D eigenvalue weighted by Gasteiger charge is 2.42. The number of benzene rings is 2. The molecule has 0 radical (unpaired) electrons. The second-order valence-corrected chi connectivity index (χ2v) is 7.65. The number of hydrogen-bond acceptors (Lipinski definition) is 5. The van der Waals surface area contributed by atoms with Crippen LogP contribution in [-0.2, 0) is 4.74 Å². The number of ether oxygens (including phenoxy) is 1. The van der Waals surface area contributed by atoms with Crippen molar-refractivity contribution in [2.45, 2.75) is 32.4 Å². The van der Waals surface area contributed by atoms with E-state index in [1.165, 1.54) is 0 Å². The van der Waals surface area contributed by atoms with E-state index in [4.69, 9.17) is 4.74 Å². The lowest BCUT2D eigenvalue weighted by Crippen LogP contribution is -2.31. The number of phenols is 2. The van der Waals surface area contributed by atoms with Gasteiger partial charge in [-0.1, -0.05) is 24.3 Å². The van der Waals surface area contributed by atoms with Crippen molar-refractivity contribution in [3.8, 4) is 22.8 Å². The number of aromatic amines is 1. The van der Waals surface area contributed by atoms with Gasteiger partial charge in [-0.3, -0.25) is 9.89 Å². The Bertz CT molecular complexity index is 1060. The van der Waals surface area contributed by atoms with Crippen LogP contribution in [0.4, 0.5) is 0 Å². The van der Waals surface area contributed by atoms with Crippen molar-refractivity contribution >= 4 is 5.91 Å². The van der Waals surface area contributed by atoms with Crippen molar-refractivity contribution < 1.29 is 19.7 Å². The van der Waals surface area contributed by atoms with Crippen LogP contribution in [0, 0.1) is 0 Å². The van der Waals surface area contributed by atoms with Crippen LogP contribution >= 0.6 is 0 Å². The molecular formula is C23H25N3O4. The van der Waals surface area contributed by atoms with E-state index in [9.17, 15) is 15.0 Å². The maximum atomic E-state index is 13.2. The van der Waals surface area contributed by atoms with Crippen molar-refractivity contribution in [3.05, 3.63) is 65.4 Å². The Labute approximate surface area is 174 Å². The molecule has 1 amide bonds. The molecule has 7 heteroatoms. The summed E-state index contributed by atoms with van der Waals surface area (Å²) in [6.07, 6.45) is 0.814. The third kappa shape index (κ3) is 3.64. The van der Waals surface area contributed by atoms with E-state index in [1.54, 1.807) is 41.3 Å². The summed E-state index contributed by atoms with van der Waals surface area (Å²) in [4.78, 5) is 15.0. The van der Waals surface area contributed by atoms with Gasteiger partial charge in [0.25, 0.3) is 5.91 Å². The minimum atomic E-state index is -0.424. The number of aromatic hydroxyl groups is 2. The minimum absolute atomic E-state index is 0.0951. The van der Waals surface area contributed by atoms with Gasteiger partial charge < -0.3 is 19.8 Å². The fraction of sp³-hybridized carbons (Fsp3) is 0.304. The quantitative estimate of drug-likeness (QED) is 0.517. The zero-order valence-corrected chi connectivity index (χ0v) is 17.0. The zero-order chi connectivity index (χ0) is 21.3. The average Bonchev–Trinajstić information content (AvgIpc) is 3.25. The molecule has 0 spiro atoms. The van der Waals surface area contributed by atoms with E-state index in [-0.39, 0.29) is 23.5 Å². The Morgan fingerprint density at radius 2 is 1.97 bits per heavy atom. The number of rotatable bonds is 7. The standard InChI is InChI=1S/C23H25N3O4/c1-14(2)30-12-6-11-26-22(15-7-5-8-16(27)13-15)19-20(24-25-21(19)23(26)29)17-9-3-4-10-18(17)28/h3-5,7-10,13-14,22,27-28H,6,11-12H2,1-2H3,(H,24,25)/t22-/m0/s1. The van der Waals surface area contributed by atoms with Crippen LogP contribution in [0.5, 0.6) is 11.5 Å². The van der Waals surface area contributed by atoms with Gasteiger partial charge in [-0.15, -0.1) is 0 Å². The summed E-state index contributed by atoms with van der Waals surface area (Å²) in [7, 11) is 0. The summed E-state index contributed by atoms with van der Waals surface area (Å²) in [5.41, 5.74) is 2.98. The van der Waals surface area contributed by atoms with Gasteiger partial charge in [-0.25, -0.2) is 0 Å². The number of fused-ring (bicyclic) bond motifs is 1. The van der Waals surface area contributed by atoms with Crippen molar-refractivity contribution in [1.82, 2.24) is 15.1 Å². The van der Waals surface area contributed by atoms with Gasteiger partial charge in [0.15, 0.2) is 0 Å². The molecule has 0 bridgehead atoms. The summed E-state index contributed by atoms with van der Waals surface area (Å²) < 4.78 is 5.63. The van der Waals surface area contributed by atoms with Crippen LogP contribution < -0.4 is 0 Å². The molecule has 0 aliphatic carbocycles. The number of hydrogen-bond donors (Lipinski definition) is 3. The molecule has 0 fully saturated rings. The van der Waals surface area contributed by atoms with Crippen LogP contribution in [0.15, 0.2) is 48.5 Å². The number of carbonyl (C=O) groups is 1. The molecule has 0 saturated carbocycles. The van der Waals surface area contributed by atoms with Gasteiger partial charge in [0.05, 0.1) is 12.1 Å². The van der Waals surface area contributed by atoms with Crippen LogP contribution in [0.25, 0.3) is 11.3 Å². The lowest BCUT2D eigenvalue weighted by molar-refractivity contribution is 0.0601. The Kier molecular flexibility index (Phi) is 5.46. The predicted molar refractivity (Wildman–Crippen MR) is 112 cm³/mol. The van der Waals surface area contributed by atoms with Crippen LogP contribution in [0.2, 0.25) is 0 Å². The average molecular weight is 407 g/mol. The van der Waals surface area contributed by atoms with Crippen LogP contribution in [0.1, 0.15) is 47.9 Å². The summed E-state index contributed by atoms with van der Waals surface area (Å²) >= 11 is 0. The summed E-state index contributed by atoms with van der Waals surface area (Å²) in [5, 5.41) is 27.6. The molecule has 1 aliphatic heterocycles. The first-order chi connectivity index (χ1) is 14.5. The van der Waals surface area contributed by atoms with Gasteiger partial charge in [-0.05, 0) is 50.1 Å². The molecule has 1 aromatic heterocycles. The van der Waals surface area contributed by atoms with Gasteiger partial charge in [0.2, 0.25) is 0 Å². The molecular weight excluding hydrogens is 382 g/mol. The molecule has 4 rings (SSSR count). The summed E-state index contributed by atoms with van der Waals surface area (Å²) in [6.45, 7) is 5.00. The summed E-state index contributed by atoms with van der Waals surface area (Å²) in [5.74, 6) is 0.0684. The number of H-pyrrole nitrogens is 1. The third-order valence-electron chi connectivity index (χ3n) is 5.20. The number of carbonyl (C=O) groups excluding carboxylic acids is 1. The number of nitrogens with zero attached hydrogens (tertiary/aromatic N) is 2. The molecule has 3 aromatic rings. The Hall–Kier alpha value is -3.32. The Morgan fingerprint density at radius 1 is 1.17 bits per heavy atom. The minimum Gasteiger partial charge on any atom is -0.508 e. The van der Waals surface area contributed by atoms with Crippen molar-refractivity contribution in [2.75, 3.05) is 13.2 Å². The van der Waals surface area contributed by atoms with Gasteiger partial charge in [-0.2, -0.15) is 5.10 Å². The zero-order valence-electron chi connectivity index (χ0n) is 17.0. The maximum Gasteiger partial charge on any atom is 0.273 e. The first-order valence-electron chi connectivity index (χ1n) is 10.1. The Balaban J connectivity index is 1.76. The third-order valence-corrected chi connectivity index (χ3v) is 5.20. The summed E-state index contributed by atoms with van der Waals surface area (Å²) in [6, 6.07) is 13.4. The van der Waals surface area contributed by atoms with Crippen molar-refractivity contribution in [1.29, 1.82) is 0 Å². The topological polar surface area (TPSA) is 98.7 Å². The van der Waals surface area contributed by atoms with Crippen LogP contribution in [0.3, 0.4) is 0 Å². The fourth-order valence-electron chi connectivity index (χ4n) is 3.90. The number of aromatic nitrogens is 2. The molecule has 156 valence electrons. The largest absolute Gasteiger partial charge is 0.508 e. The van der Waals surface area contributed by atoms with Crippen molar-refractivity contribution in [3.63, 3.8) is 0 Å². The fourth-order valence-corrected chi connectivity index (χ4v) is 3.90. The smallest absolute Gasteiger partial charge is 0.273 e. The van der Waals surface area contributed by atoms with E-state index >= 15 is 0 Å². The normalized spacial score (nSPS) is 15.8. The van der Waals surface area contributed by atoms with E-state index in [0.29, 0.717) is 42.1 Å². The molecule has 0 unspecified atom stereocenters. The lowest BCUT2D eigenvalue weighted by atomic mass is 9.95. The molecule has 2 heterocycles. The SMILES string of the molecule is CC(C)OCCCN1C(=O)c2[nH]nc(-c3ccccc3O)c2[C@@H]1c1cccc(O)c1. The molecule has 2 aromatic carbocycles. The second-order valence-electron chi connectivity index (χ2n) is 7.65. The second kappa shape index (κ2) is 8.20. The lowest BCUT2D eigenvalue weighted by Gasteiger charge is -2.26. The first-order valence-corrected chi connectivity index (χ1v) is 10.1. The highest BCUT2D eigenvalue weighted by atomic mass is 16.5. The number of nitrogens with one attached hydrogen (secondary N) is 1. The highest BCUT2D eigenvalue weighted by molar-refractivity contribution is 6.00. The number of para-hydroxylation sites is 1. The number of phenolic OH excluding ortho intramolecular Hbond substituents is 2. The maximum absolute atomic E-state index is 13.2. The van der Waals surface area contributed by atoms with E-state index in [0.717, 1.165) is 5.56 Å². The molecule has 1 atom stereocenters. The highest BCUT2D eigenvalue weighted by Crippen LogP contribution is 2.44. The molecule has 7 nitrogen and oxygen atoms in total. The molecule has 1 aliphatic rings. The van der Waals surface area contributed by atoms with E-state index < -0.39 is 6.04 Å². The van der Waals surface area contributed by atoms with Crippen LogP contribution in [-0.4, -0.2) is 50.5 Å². The molecule has 3 N–H and O–H groups in total. The Morgan fingerprint density at radius 3 is 2.70 bits per heavy atom. The predicted octanol–water partition coefficient (Wildman–Crippen LogP) is 3.85.